The molecule has 0 unspecified atom stereocenters. The van der Waals surface area contributed by atoms with Crippen LogP contribution >= 0.6 is 0 Å². The van der Waals surface area contributed by atoms with Gasteiger partial charge < -0.3 is 4.74 Å². The van der Waals surface area contributed by atoms with Gasteiger partial charge in [0.2, 0.25) is 0 Å². The molecule has 0 N–H and O–H groups in total. The zero-order valence-corrected chi connectivity index (χ0v) is 9.14. The van der Waals surface area contributed by atoms with Gasteiger partial charge in [-0.15, -0.1) is 0 Å². The van der Waals surface area contributed by atoms with Gasteiger partial charge in [0.25, 0.3) is 0 Å². The van der Waals surface area contributed by atoms with E-state index in [-0.39, 0.29) is 5.75 Å². The number of aromatic nitrogens is 1. The highest BCUT2D eigenvalue weighted by atomic mass is 19.4. The molecular weight excluding hydrogens is 207 g/mol. The number of halogens is 3. The molecule has 15 heavy (non-hydrogen) atoms. The van der Waals surface area contributed by atoms with Crippen molar-refractivity contribution in [3.05, 3.63) is 23.5 Å². The largest absolute Gasteiger partial charge is 0.495 e. The Balaban J connectivity index is 0.000000921. The highest BCUT2D eigenvalue weighted by Gasteiger charge is 2.31. The van der Waals surface area contributed by atoms with Crippen LogP contribution in [-0.2, 0) is 6.18 Å². The molecule has 0 saturated carbocycles. The Morgan fingerprint density at radius 2 is 1.80 bits per heavy atom. The van der Waals surface area contributed by atoms with Gasteiger partial charge in [-0.1, -0.05) is 13.8 Å². The van der Waals surface area contributed by atoms with Crippen LogP contribution in [0, 0.1) is 6.92 Å². The van der Waals surface area contributed by atoms with E-state index in [2.05, 4.69) is 4.98 Å². The lowest BCUT2D eigenvalue weighted by molar-refractivity contribution is -0.137. The number of alkyl halides is 3. The van der Waals surface area contributed by atoms with Crippen LogP contribution in [0.1, 0.15) is 25.1 Å². The molecule has 1 heterocycles. The molecule has 1 aromatic rings. The number of rotatable bonds is 1. The second-order valence-corrected chi connectivity index (χ2v) is 2.51. The third-order valence-electron chi connectivity index (χ3n) is 1.59. The van der Waals surface area contributed by atoms with Crippen molar-refractivity contribution in [1.82, 2.24) is 4.98 Å². The number of methoxy groups -OCH3 is 1. The molecule has 0 bridgehead atoms. The van der Waals surface area contributed by atoms with E-state index in [4.69, 9.17) is 4.74 Å². The summed E-state index contributed by atoms with van der Waals surface area (Å²) in [6.07, 6.45) is -3.58. The van der Waals surface area contributed by atoms with Crippen molar-refractivity contribution >= 4 is 0 Å². The van der Waals surface area contributed by atoms with Crippen LogP contribution in [0.15, 0.2) is 12.3 Å². The number of aryl methyl sites for hydroxylation is 1. The third-order valence-corrected chi connectivity index (χ3v) is 1.59. The molecule has 1 aromatic heterocycles. The summed E-state index contributed by atoms with van der Waals surface area (Å²) in [4.78, 5) is 3.57. The molecule has 0 aliphatic carbocycles. The van der Waals surface area contributed by atoms with Crippen molar-refractivity contribution in [1.29, 1.82) is 0 Å². The molecule has 0 aliphatic rings. The summed E-state index contributed by atoms with van der Waals surface area (Å²) >= 11 is 0. The van der Waals surface area contributed by atoms with Gasteiger partial charge in [-0.3, -0.25) is 4.98 Å². The Morgan fingerprint density at radius 3 is 2.20 bits per heavy atom. The van der Waals surface area contributed by atoms with Crippen molar-refractivity contribution < 1.29 is 17.9 Å². The second-order valence-electron chi connectivity index (χ2n) is 2.51. The van der Waals surface area contributed by atoms with E-state index in [1.54, 1.807) is 6.92 Å². The van der Waals surface area contributed by atoms with Crippen molar-refractivity contribution in [2.24, 2.45) is 0 Å². The number of nitrogens with zero attached hydrogens (tertiary/aromatic N) is 1. The van der Waals surface area contributed by atoms with E-state index in [0.717, 1.165) is 12.3 Å². The maximum absolute atomic E-state index is 12.1. The predicted molar refractivity (Wildman–Crippen MR) is 51.9 cm³/mol. The van der Waals surface area contributed by atoms with Crippen LogP contribution in [0.4, 0.5) is 13.2 Å². The lowest BCUT2D eigenvalue weighted by atomic mass is 10.2. The van der Waals surface area contributed by atoms with Crippen molar-refractivity contribution in [2.45, 2.75) is 26.9 Å². The fraction of sp³-hybridized carbons (Fsp3) is 0.500. The first-order chi connectivity index (χ1) is 6.95. The average Bonchev–Trinajstić information content (AvgIpc) is 2.20. The number of hydrogen-bond donors (Lipinski definition) is 0. The SMILES string of the molecule is CC.COc1cc(C(F)(F)F)cnc1C. The van der Waals surface area contributed by atoms with E-state index < -0.39 is 11.7 Å². The Hall–Kier alpha value is -1.26. The first-order valence-electron chi connectivity index (χ1n) is 4.53. The third kappa shape index (κ3) is 3.77. The summed E-state index contributed by atoms with van der Waals surface area (Å²) in [7, 11) is 1.31. The highest BCUT2D eigenvalue weighted by molar-refractivity contribution is 5.31. The minimum atomic E-state index is -4.37. The molecule has 2 nitrogen and oxygen atoms in total. The fourth-order valence-corrected chi connectivity index (χ4v) is 0.875. The van der Waals surface area contributed by atoms with Crippen LogP contribution in [0.3, 0.4) is 0 Å². The Morgan fingerprint density at radius 1 is 1.27 bits per heavy atom. The maximum atomic E-state index is 12.1. The molecule has 1 rings (SSSR count). The van der Waals surface area contributed by atoms with Gasteiger partial charge in [0, 0.05) is 6.20 Å². The Kier molecular flexibility index (Phi) is 5.11. The number of ether oxygens (including phenoxy) is 1. The molecule has 0 atom stereocenters. The van der Waals surface area contributed by atoms with Crippen molar-refractivity contribution in [3.8, 4) is 5.75 Å². The normalized spacial score (nSPS) is 10.3. The lowest BCUT2D eigenvalue weighted by Crippen LogP contribution is -2.06. The quantitative estimate of drug-likeness (QED) is 0.724. The molecule has 0 amide bonds. The van der Waals surface area contributed by atoms with Crippen molar-refractivity contribution in [2.75, 3.05) is 7.11 Å². The molecule has 86 valence electrons. The van der Waals surface area contributed by atoms with Gasteiger partial charge in [0.1, 0.15) is 5.75 Å². The molecule has 0 radical (unpaired) electrons. The van der Waals surface area contributed by atoms with Gasteiger partial charge in [0.05, 0.1) is 18.4 Å². The number of pyridine rings is 1. The van der Waals surface area contributed by atoms with Crippen LogP contribution in [0.5, 0.6) is 5.75 Å². The van der Waals surface area contributed by atoms with Gasteiger partial charge >= 0.3 is 6.18 Å². The molecule has 0 aromatic carbocycles. The predicted octanol–water partition coefficient (Wildman–Crippen LogP) is 3.44. The minimum absolute atomic E-state index is 0.148. The summed E-state index contributed by atoms with van der Waals surface area (Å²) in [5, 5.41) is 0. The zero-order chi connectivity index (χ0) is 12.1. The van der Waals surface area contributed by atoms with Crippen molar-refractivity contribution in [3.63, 3.8) is 0 Å². The summed E-state index contributed by atoms with van der Waals surface area (Å²) in [5.74, 6) is 0.148. The first kappa shape index (κ1) is 13.7. The topological polar surface area (TPSA) is 22.1 Å². The van der Waals surface area contributed by atoms with Gasteiger partial charge in [-0.2, -0.15) is 13.2 Å². The highest BCUT2D eigenvalue weighted by Crippen LogP contribution is 2.31. The van der Waals surface area contributed by atoms with Crippen LogP contribution in [0.2, 0.25) is 0 Å². The lowest BCUT2D eigenvalue weighted by Gasteiger charge is -2.09. The summed E-state index contributed by atoms with van der Waals surface area (Å²) in [5.41, 5.74) is -0.356. The summed E-state index contributed by atoms with van der Waals surface area (Å²) in [6, 6.07) is 0.933. The smallest absolute Gasteiger partial charge is 0.418 e. The molecule has 0 aliphatic heterocycles. The van der Waals surface area contributed by atoms with Crippen LogP contribution in [-0.4, -0.2) is 12.1 Å². The van der Waals surface area contributed by atoms with Gasteiger partial charge in [-0.25, -0.2) is 0 Å². The van der Waals surface area contributed by atoms with Crippen LogP contribution < -0.4 is 4.74 Å². The molecule has 0 saturated heterocycles. The first-order valence-corrected chi connectivity index (χ1v) is 4.53. The minimum Gasteiger partial charge on any atom is -0.495 e. The second kappa shape index (κ2) is 5.58. The van der Waals surface area contributed by atoms with E-state index in [0.29, 0.717) is 5.69 Å². The zero-order valence-electron chi connectivity index (χ0n) is 9.14. The van der Waals surface area contributed by atoms with E-state index in [1.807, 2.05) is 13.8 Å². The van der Waals surface area contributed by atoms with E-state index in [9.17, 15) is 13.2 Å². The molecule has 0 fully saturated rings. The Labute approximate surface area is 87.1 Å². The summed E-state index contributed by atoms with van der Waals surface area (Å²) in [6.45, 7) is 5.58. The van der Waals surface area contributed by atoms with E-state index in [1.165, 1.54) is 7.11 Å². The Bertz CT molecular complexity index is 310. The van der Waals surface area contributed by atoms with Gasteiger partial charge in [-0.05, 0) is 13.0 Å². The summed E-state index contributed by atoms with van der Waals surface area (Å²) < 4.78 is 41.1. The standard InChI is InChI=1S/C8H8F3NO.C2H6/c1-5-7(13-2)3-6(4-12-5)8(9,10)11;1-2/h3-4H,1-2H3;1-2H3. The van der Waals surface area contributed by atoms with E-state index >= 15 is 0 Å². The fourth-order valence-electron chi connectivity index (χ4n) is 0.875. The maximum Gasteiger partial charge on any atom is 0.418 e. The molecule has 0 spiro atoms. The average molecular weight is 221 g/mol. The van der Waals surface area contributed by atoms with Gasteiger partial charge in [0.15, 0.2) is 0 Å². The number of hydrogen-bond acceptors (Lipinski definition) is 2. The molecule has 5 heteroatoms. The monoisotopic (exact) mass is 221 g/mol. The van der Waals surface area contributed by atoms with Crippen LogP contribution in [0.25, 0.3) is 0 Å². The molecular formula is C10H14F3NO.